The van der Waals surface area contributed by atoms with Gasteiger partial charge in [0.15, 0.2) is 0 Å². The summed E-state index contributed by atoms with van der Waals surface area (Å²) in [5.74, 6) is 1.54. The Kier molecular flexibility index (Phi) is 5.89. The molecule has 3 rings (SSSR count). The molecule has 1 aromatic carbocycles. The third-order valence-corrected chi connectivity index (χ3v) is 4.52. The Labute approximate surface area is 154 Å². The van der Waals surface area contributed by atoms with Crippen molar-refractivity contribution < 1.29 is 4.74 Å². The minimum Gasteiger partial charge on any atom is -0.481 e. The lowest BCUT2D eigenvalue weighted by atomic mass is 10.0. The summed E-state index contributed by atoms with van der Waals surface area (Å²) in [6.07, 6.45) is 5.56. The number of hydrogen-bond donors (Lipinski definition) is 0. The van der Waals surface area contributed by atoms with E-state index in [1.54, 1.807) is 13.3 Å². The quantitative estimate of drug-likeness (QED) is 0.555. The van der Waals surface area contributed by atoms with E-state index >= 15 is 0 Å². The van der Waals surface area contributed by atoms with Crippen molar-refractivity contribution in [1.29, 1.82) is 0 Å². The minimum atomic E-state index is 0.475. The highest BCUT2D eigenvalue weighted by atomic mass is 16.5. The average molecular weight is 348 g/mol. The summed E-state index contributed by atoms with van der Waals surface area (Å²) in [6.45, 7) is 6.32. The molecule has 0 spiro atoms. The third-order valence-electron chi connectivity index (χ3n) is 4.52. The number of benzene rings is 1. The van der Waals surface area contributed by atoms with Crippen molar-refractivity contribution in [3.8, 4) is 0 Å². The van der Waals surface area contributed by atoms with Crippen molar-refractivity contribution in [2.75, 3.05) is 13.7 Å². The van der Waals surface area contributed by atoms with Gasteiger partial charge in [-0.15, -0.1) is 0 Å². The van der Waals surface area contributed by atoms with Crippen molar-refractivity contribution in [1.82, 2.24) is 10.2 Å². The molecule has 1 aliphatic carbocycles. The Hall–Kier alpha value is -2.82. The van der Waals surface area contributed by atoms with Crippen molar-refractivity contribution in [3.05, 3.63) is 65.6 Å². The van der Waals surface area contributed by atoms with Crippen LogP contribution in [0.25, 0.3) is 5.57 Å². The zero-order chi connectivity index (χ0) is 18.4. The molecule has 1 aliphatic rings. The SMILES string of the molecule is C=N/C=C(\C(=N/CCC)OC)c1cc(C2C[C@@H]2c2ccccc2)cnn1. The van der Waals surface area contributed by atoms with Crippen LogP contribution in [-0.4, -0.2) is 36.5 Å². The van der Waals surface area contributed by atoms with Crippen LogP contribution in [0.3, 0.4) is 0 Å². The van der Waals surface area contributed by atoms with Crippen molar-refractivity contribution in [2.24, 2.45) is 9.98 Å². The van der Waals surface area contributed by atoms with E-state index in [-0.39, 0.29) is 0 Å². The molecule has 0 radical (unpaired) electrons. The number of aliphatic imine (C=N–C) groups is 2. The van der Waals surface area contributed by atoms with E-state index in [0.717, 1.165) is 12.8 Å². The van der Waals surface area contributed by atoms with Crippen molar-refractivity contribution in [2.45, 2.75) is 31.6 Å². The fourth-order valence-corrected chi connectivity index (χ4v) is 3.14. The van der Waals surface area contributed by atoms with Gasteiger partial charge in [0.1, 0.15) is 5.69 Å². The molecule has 1 aromatic heterocycles. The predicted molar refractivity (Wildman–Crippen MR) is 106 cm³/mol. The summed E-state index contributed by atoms with van der Waals surface area (Å²) < 4.78 is 5.45. The highest BCUT2D eigenvalue weighted by Gasteiger charge is 2.39. The summed E-state index contributed by atoms with van der Waals surface area (Å²) in [4.78, 5) is 8.38. The second kappa shape index (κ2) is 8.52. The molecule has 5 nitrogen and oxygen atoms in total. The van der Waals surface area contributed by atoms with Crippen LogP contribution in [0, 0.1) is 0 Å². The Morgan fingerprint density at radius 3 is 2.73 bits per heavy atom. The van der Waals surface area contributed by atoms with Crippen LogP contribution in [0.2, 0.25) is 0 Å². The smallest absolute Gasteiger partial charge is 0.219 e. The first-order valence-electron chi connectivity index (χ1n) is 8.91. The van der Waals surface area contributed by atoms with Crippen LogP contribution < -0.4 is 0 Å². The van der Waals surface area contributed by atoms with E-state index in [0.29, 0.717) is 35.5 Å². The maximum atomic E-state index is 5.45. The van der Waals surface area contributed by atoms with E-state index in [4.69, 9.17) is 4.74 Å². The van der Waals surface area contributed by atoms with Gasteiger partial charge in [0, 0.05) is 12.7 Å². The second-order valence-corrected chi connectivity index (χ2v) is 6.35. The molecule has 2 aromatic rings. The van der Waals surface area contributed by atoms with Gasteiger partial charge in [0.25, 0.3) is 0 Å². The van der Waals surface area contributed by atoms with Gasteiger partial charge in [-0.1, -0.05) is 37.3 Å². The molecule has 2 atom stereocenters. The largest absolute Gasteiger partial charge is 0.481 e. The highest BCUT2D eigenvalue weighted by molar-refractivity contribution is 6.19. The Bertz CT molecular complexity index is 814. The van der Waals surface area contributed by atoms with Crippen molar-refractivity contribution in [3.63, 3.8) is 0 Å². The highest BCUT2D eigenvalue weighted by Crippen LogP contribution is 2.54. The Morgan fingerprint density at radius 2 is 2.04 bits per heavy atom. The lowest BCUT2D eigenvalue weighted by molar-refractivity contribution is 0.406. The first kappa shape index (κ1) is 18.0. The van der Waals surface area contributed by atoms with Gasteiger partial charge in [-0.05, 0) is 48.6 Å². The van der Waals surface area contributed by atoms with Gasteiger partial charge in [-0.25, -0.2) is 0 Å². The van der Waals surface area contributed by atoms with Crippen LogP contribution in [0.4, 0.5) is 0 Å². The molecule has 1 heterocycles. The number of hydrogen-bond acceptors (Lipinski definition) is 5. The lowest BCUT2D eigenvalue weighted by Crippen LogP contribution is -2.08. The van der Waals surface area contributed by atoms with Crippen LogP contribution in [0.5, 0.6) is 0 Å². The molecule has 5 heteroatoms. The Balaban J connectivity index is 1.86. The van der Waals surface area contributed by atoms with E-state index < -0.39 is 0 Å². The van der Waals surface area contributed by atoms with Crippen molar-refractivity contribution >= 4 is 18.2 Å². The summed E-state index contributed by atoms with van der Waals surface area (Å²) in [6, 6.07) is 12.7. The first-order valence-corrected chi connectivity index (χ1v) is 8.91. The summed E-state index contributed by atoms with van der Waals surface area (Å²) in [7, 11) is 1.61. The van der Waals surface area contributed by atoms with Gasteiger partial charge in [-0.3, -0.25) is 9.98 Å². The maximum Gasteiger partial charge on any atom is 0.219 e. The number of aromatic nitrogens is 2. The number of nitrogens with zero attached hydrogens (tertiary/aromatic N) is 4. The van der Waals surface area contributed by atoms with E-state index in [1.165, 1.54) is 11.1 Å². The molecule has 0 bridgehead atoms. The molecule has 0 amide bonds. The average Bonchev–Trinajstić information content (AvgIpc) is 3.49. The molecule has 0 saturated heterocycles. The fourth-order valence-electron chi connectivity index (χ4n) is 3.14. The molecule has 0 aliphatic heterocycles. The predicted octanol–water partition coefficient (Wildman–Crippen LogP) is 4.24. The standard InChI is InChI=1S/C21H24N4O/c1-4-10-23-21(26-3)19(14-22-2)20-11-16(13-24-25-20)18-12-17(18)15-8-6-5-7-9-15/h5-9,11,13-14,17-18H,2,4,10,12H2,1,3H3/b19-14-,23-21+/t17-,18?/m1/s1. The van der Waals surface area contributed by atoms with Crippen LogP contribution in [0.1, 0.15) is 48.4 Å². The second-order valence-electron chi connectivity index (χ2n) is 6.35. The van der Waals surface area contributed by atoms with Crippen LogP contribution in [0.15, 0.2) is 58.8 Å². The zero-order valence-electron chi connectivity index (χ0n) is 15.3. The topological polar surface area (TPSA) is 59.7 Å². The van der Waals surface area contributed by atoms with Gasteiger partial charge in [-0.2, -0.15) is 10.2 Å². The van der Waals surface area contributed by atoms with E-state index in [9.17, 15) is 0 Å². The summed E-state index contributed by atoms with van der Waals surface area (Å²) >= 11 is 0. The van der Waals surface area contributed by atoms with Gasteiger partial charge in [0.2, 0.25) is 5.90 Å². The number of rotatable bonds is 7. The summed E-state index contributed by atoms with van der Waals surface area (Å²) in [5.41, 5.74) is 3.98. The molecule has 1 unspecified atom stereocenters. The van der Waals surface area contributed by atoms with E-state index in [2.05, 4.69) is 64.2 Å². The minimum absolute atomic E-state index is 0.475. The fraction of sp³-hybridized carbons (Fsp3) is 0.333. The number of methoxy groups -OCH3 is 1. The zero-order valence-corrected chi connectivity index (χ0v) is 15.3. The monoisotopic (exact) mass is 348 g/mol. The molecule has 0 N–H and O–H groups in total. The maximum absolute atomic E-state index is 5.45. The van der Waals surface area contributed by atoms with Gasteiger partial charge < -0.3 is 4.74 Å². The molecule has 26 heavy (non-hydrogen) atoms. The molecule has 1 saturated carbocycles. The molecule has 1 fully saturated rings. The van der Waals surface area contributed by atoms with Gasteiger partial charge in [0.05, 0.1) is 18.9 Å². The summed E-state index contributed by atoms with van der Waals surface area (Å²) in [5, 5.41) is 8.49. The van der Waals surface area contributed by atoms with Crippen LogP contribution in [-0.2, 0) is 4.74 Å². The first-order chi connectivity index (χ1) is 12.8. The lowest BCUT2D eigenvalue weighted by Gasteiger charge is -2.09. The van der Waals surface area contributed by atoms with Gasteiger partial charge >= 0.3 is 0 Å². The molecular weight excluding hydrogens is 324 g/mol. The van der Waals surface area contributed by atoms with Crippen LogP contribution >= 0.6 is 0 Å². The van der Waals surface area contributed by atoms with E-state index in [1.807, 2.05) is 12.3 Å². The number of ether oxygens (including phenoxy) is 1. The molecule has 134 valence electrons. The third kappa shape index (κ3) is 4.04. The molecular formula is C21H24N4O. The normalized spacial score (nSPS) is 19.9. The Morgan fingerprint density at radius 1 is 1.27 bits per heavy atom.